The third-order valence-corrected chi connectivity index (χ3v) is 3.61. The second-order valence-electron chi connectivity index (χ2n) is 4.84. The normalized spacial score (nSPS) is 13.1. The molecule has 0 fully saturated rings. The van der Waals surface area contributed by atoms with E-state index in [-0.39, 0.29) is 11.9 Å². The molecule has 0 saturated carbocycles. The van der Waals surface area contributed by atoms with Crippen molar-refractivity contribution >= 4 is 15.9 Å². The molecule has 0 aliphatic carbocycles. The molecule has 3 heteroatoms. The van der Waals surface area contributed by atoms with Crippen LogP contribution in [-0.4, -0.2) is 7.05 Å². The second-order valence-corrected chi connectivity index (χ2v) is 5.69. The van der Waals surface area contributed by atoms with Crippen LogP contribution >= 0.6 is 15.9 Å². The molecule has 1 unspecified atom stereocenters. The second kappa shape index (κ2) is 7.12. The van der Waals surface area contributed by atoms with Crippen LogP contribution in [0.4, 0.5) is 4.39 Å². The molecule has 17 heavy (non-hydrogen) atoms. The predicted octanol–water partition coefficient (Wildman–Crippen LogP) is 4.68. The van der Waals surface area contributed by atoms with Crippen molar-refractivity contribution in [2.24, 2.45) is 5.92 Å². The largest absolute Gasteiger partial charge is 0.313 e. The molecule has 0 aliphatic heterocycles. The summed E-state index contributed by atoms with van der Waals surface area (Å²) in [6.45, 7) is 4.46. The van der Waals surface area contributed by atoms with E-state index < -0.39 is 0 Å². The van der Waals surface area contributed by atoms with Crippen molar-refractivity contribution in [3.63, 3.8) is 0 Å². The van der Waals surface area contributed by atoms with Gasteiger partial charge in [0.25, 0.3) is 0 Å². The van der Waals surface area contributed by atoms with Gasteiger partial charge in [0.15, 0.2) is 0 Å². The Balaban J connectivity index is 2.62. The van der Waals surface area contributed by atoms with Crippen LogP contribution in [-0.2, 0) is 0 Å². The fourth-order valence-electron chi connectivity index (χ4n) is 1.94. The van der Waals surface area contributed by atoms with Crippen LogP contribution in [0.25, 0.3) is 0 Å². The Kier molecular flexibility index (Phi) is 6.14. The topological polar surface area (TPSA) is 12.0 Å². The molecule has 96 valence electrons. The molecule has 0 spiro atoms. The van der Waals surface area contributed by atoms with Crippen LogP contribution in [0, 0.1) is 11.7 Å². The van der Waals surface area contributed by atoms with Crippen LogP contribution in [0.3, 0.4) is 0 Å². The van der Waals surface area contributed by atoms with E-state index in [9.17, 15) is 4.39 Å². The molecule has 1 aromatic rings. The quantitative estimate of drug-likeness (QED) is 0.805. The zero-order chi connectivity index (χ0) is 12.8. The molecule has 1 N–H and O–H groups in total. The van der Waals surface area contributed by atoms with E-state index in [4.69, 9.17) is 0 Å². The van der Waals surface area contributed by atoms with E-state index in [0.717, 1.165) is 17.9 Å². The fraction of sp³-hybridized carbons (Fsp3) is 0.571. The van der Waals surface area contributed by atoms with Gasteiger partial charge in [-0.2, -0.15) is 0 Å². The summed E-state index contributed by atoms with van der Waals surface area (Å²) in [5, 5.41) is 3.26. The maximum atomic E-state index is 13.5. The minimum atomic E-state index is -0.188. The van der Waals surface area contributed by atoms with Gasteiger partial charge in [0, 0.05) is 6.04 Å². The van der Waals surface area contributed by atoms with Gasteiger partial charge in [0.05, 0.1) is 4.47 Å². The zero-order valence-electron chi connectivity index (χ0n) is 10.8. The highest BCUT2D eigenvalue weighted by Crippen LogP contribution is 2.24. The first kappa shape index (κ1) is 14.7. The fourth-order valence-corrected chi connectivity index (χ4v) is 2.18. The average Bonchev–Trinajstić information content (AvgIpc) is 2.28. The van der Waals surface area contributed by atoms with Gasteiger partial charge in [-0.05, 0) is 53.0 Å². The molecule has 0 aliphatic rings. The van der Waals surface area contributed by atoms with Gasteiger partial charge in [-0.3, -0.25) is 0 Å². The highest BCUT2D eigenvalue weighted by atomic mass is 79.9. The van der Waals surface area contributed by atoms with Crippen LogP contribution in [0.15, 0.2) is 22.7 Å². The Hall–Kier alpha value is -0.410. The molecule has 0 amide bonds. The summed E-state index contributed by atoms with van der Waals surface area (Å²) >= 11 is 3.18. The first-order chi connectivity index (χ1) is 8.04. The molecule has 0 aromatic heterocycles. The monoisotopic (exact) mass is 301 g/mol. The van der Waals surface area contributed by atoms with Gasteiger partial charge >= 0.3 is 0 Å². The highest BCUT2D eigenvalue weighted by Gasteiger charge is 2.11. The van der Waals surface area contributed by atoms with Crippen LogP contribution in [0.5, 0.6) is 0 Å². The zero-order valence-corrected chi connectivity index (χ0v) is 12.3. The lowest BCUT2D eigenvalue weighted by Gasteiger charge is -2.17. The van der Waals surface area contributed by atoms with Gasteiger partial charge in [-0.15, -0.1) is 0 Å². The van der Waals surface area contributed by atoms with Gasteiger partial charge in [-0.25, -0.2) is 4.39 Å². The van der Waals surface area contributed by atoms with E-state index in [1.54, 1.807) is 12.1 Å². The van der Waals surface area contributed by atoms with E-state index in [0.29, 0.717) is 4.47 Å². The lowest BCUT2D eigenvalue weighted by molar-refractivity contribution is 0.468. The molecule has 0 heterocycles. The standard InChI is InChI=1S/C14H21BrFN/c1-10(2)5-4-6-14(17-3)11-7-8-12(15)13(16)9-11/h7-10,14,17H,4-6H2,1-3H3. The molecule has 0 saturated heterocycles. The summed E-state index contributed by atoms with van der Waals surface area (Å²) in [6, 6.07) is 5.61. The number of rotatable bonds is 6. The van der Waals surface area contributed by atoms with Crippen molar-refractivity contribution in [3.05, 3.63) is 34.1 Å². The number of halogens is 2. The summed E-state index contributed by atoms with van der Waals surface area (Å²) in [6.07, 6.45) is 3.44. The number of nitrogens with one attached hydrogen (secondary N) is 1. The Morgan fingerprint density at radius 2 is 2.00 bits per heavy atom. The minimum absolute atomic E-state index is 0.188. The maximum Gasteiger partial charge on any atom is 0.137 e. The van der Waals surface area contributed by atoms with Gasteiger partial charge < -0.3 is 5.32 Å². The van der Waals surface area contributed by atoms with Crippen molar-refractivity contribution in [3.8, 4) is 0 Å². The molecule has 1 rings (SSSR count). The van der Waals surface area contributed by atoms with Crippen molar-refractivity contribution in [2.45, 2.75) is 39.2 Å². The van der Waals surface area contributed by atoms with Gasteiger partial charge in [-0.1, -0.05) is 32.8 Å². The summed E-state index contributed by atoms with van der Waals surface area (Å²) < 4.78 is 14.0. The molecule has 1 aromatic carbocycles. The average molecular weight is 302 g/mol. The molecular formula is C14H21BrFN. The molecule has 0 radical (unpaired) electrons. The van der Waals surface area contributed by atoms with E-state index in [1.165, 1.54) is 12.8 Å². The Labute approximate surface area is 112 Å². The van der Waals surface area contributed by atoms with Crippen LogP contribution in [0.2, 0.25) is 0 Å². The minimum Gasteiger partial charge on any atom is -0.313 e. The van der Waals surface area contributed by atoms with Crippen molar-refractivity contribution in [1.29, 1.82) is 0 Å². The van der Waals surface area contributed by atoms with E-state index >= 15 is 0 Å². The lowest BCUT2D eigenvalue weighted by atomic mass is 9.98. The molecule has 1 nitrogen and oxygen atoms in total. The van der Waals surface area contributed by atoms with Crippen molar-refractivity contribution in [1.82, 2.24) is 5.32 Å². The summed E-state index contributed by atoms with van der Waals surface area (Å²) in [7, 11) is 1.93. The predicted molar refractivity (Wildman–Crippen MR) is 74.6 cm³/mol. The molecule has 1 atom stereocenters. The number of benzene rings is 1. The van der Waals surface area contributed by atoms with E-state index in [2.05, 4.69) is 35.1 Å². The number of hydrogen-bond donors (Lipinski definition) is 1. The summed E-state index contributed by atoms with van der Waals surface area (Å²) in [5.74, 6) is 0.542. The SMILES string of the molecule is CNC(CCCC(C)C)c1ccc(Br)c(F)c1. The third-order valence-electron chi connectivity index (χ3n) is 2.97. The molecular weight excluding hydrogens is 281 g/mol. The smallest absolute Gasteiger partial charge is 0.137 e. The molecule has 0 bridgehead atoms. The lowest BCUT2D eigenvalue weighted by Crippen LogP contribution is -2.16. The first-order valence-corrected chi connectivity index (χ1v) is 6.96. The van der Waals surface area contributed by atoms with Gasteiger partial charge in [0.2, 0.25) is 0 Å². The highest BCUT2D eigenvalue weighted by molar-refractivity contribution is 9.10. The Morgan fingerprint density at radius 3 is 2.53 bits per heavy atom. The van der Waals surface area contributed by atoms with Crippen molar-refractivity contribution < 1.29 is 4.39 Å². The van der Waals surface area contributed by atoms with Crippen LogP contribution in [0.1, 0.15) is 44.7 Å². The summed E-state index contributed by atoms with van der Waals surface area (Å²) in [4.78, 5) is 0. The summed E-state index contributed by atoms with van der Waals surface area (Å²) in [5.41, 5.74) is 1.02. The Morgan fingerprint density at radius 1 is 1.29 bits per heavy atom. The van der Waals surface area contributed by atoms with Crippen LogP contribution < -0.4 is 5.32 Å². The third kappa shape index (κ3) is 4.76. The van der Waals surface area contributed by atoms with Crippen molar-refractivity contribution in [2.75, 3.05) is 7.05 Å². The first-order valence-electron chi connectivity index (χ1n) is 6.16. The number of hydrogen-bond acceptors (Lipinski definition) is 1. The van der Waals surface area contributed by atoms with Gasteiger partial charge in [0.1, 0.15) is 5.82 Å². The Bertz CT molecular complexity index is 352. The maximum absolute atomic E-state index is 13.5. The van der Waals surface area contributed by atoms with E-state index in [1.807, 2.05) is 13.1 Å².